The van der Waals surface area contributed by atoms with E-state index in [1.54, 1.807) is 0 Å². The Morgan fingerprint density at radius 3 is 2.64 bits per heavy atom. The van der Waals surface area contributed by atoms with E-state index < -0.39 is 0 Å². The molecule has 2 nitrogen and oxygen atoms in total. The minimum atomic E-state index is 0.0816. The Balaban J connectivity index is 2.21. The molecular formula is C11H13NOS. The molecule has 1 aromatic rings. The SMILES string of the molecule is CN(C(=O)c1ccccc1S)C1CC1. The number of amides is 1. The Kier molecular flexibility index (Phi) is 2.50. The van der Waals surface area contributed by atoms with Crippen molar-refractivity contribution < 1.29 is 4.79 Å². The Bertz CT molecular complexity index is 360. The van der Waals surface area contributed by atoms with E-state index in [2.05, 4.69) is 12.6 Å². The number of hydrogen-bond donors (Lipinski definition) is 1. The van der Waals surface area contributed by atoms with E-state index in [1.165, 1.54) is 0 Å². The molecule has 0 saturated heterocycles. The monoisotopic (exact) mass is 207 g/mol. The van der Waals surface area contributed by atoms with Crippen LogP contribution in [0.4, 0.5) is 0 Å². The van der Waals surface area contributed by atoms with Gasteiger partial charge in [0.1, 0.15) is 0 Å². The molecule has 1 aliphatic rings. The van der Waals surface area contributed by atoms with Gasteiger partial charge in [-0.2, -0.15) is 0 Å². The molecule has 1 saturated carbocycles. The highest BCUT2D eigenvalue weighted by Crippen LogP contribution is 2.27. The molecular weight excluding hydrogens is 194 g/mol. The molecule has 0 radical (unpaired) electrons. The highest BCUT2D eigenvalue weighted by molar-refractivity contribution is 7.80. The van der Waals surface area contributed by atoms with E-state index in [9.17, 15) is 4.79 Å². The molecule has 74 valence electrons. The molecule has 2 rings (SSSR count). The van der Waals surface area contributed by atoms with Gasteiger partial charge < -0.3 is 4.90 Å². The quantitative estimate of drug-likeness (QED) is 0.737. The van der Waals surface area contributed by atoms with E-state index in [4.69, 9.17) is 0 Å². The largest absolute Gasteiger partial charge is 0.339 e. The minimum absolute atomic E-state index is 0.0816. The van der Waals surface area contributed by atoms with Gasteiger partial charge in [-0.3, -0.25) is 4.79 Å². The number of carbonyl (C=O) groups is 1. The molecule has 0 bridgehead atoms. The highest BCUT2D eigenvalue weighted by Gasteiger charge is 2.30. The van der Waals surface area contributed by atoms with Crippen LogP contribution in [0.5, 0.6) is 0 Å². The molecule has 1 fully saturated rings. The van der Waals surface area contributed by atoms with Gasteiger partial charge in [0.25, 0.3) is 5.91 Å². The second-order valence-corrected chi connectivity index (χ2v) is 4.15. The van der Waals surface area contributed by atoms with Gasteiger partial charge in [0.05, 0.1) is 5.56 Å². The molecule has 1 aliphatic carbocycles. The molecule has 1 amide bonds. The fraction of sp³-hybridized carbons (Fsp3) is 0.364. The summed E-state index contributed by atoms with van der Waals surface area (Å²) >= 11 is 4.27. The fourth-order valence-electron chi connectivity index (χ4n) is 1.47. The van der Waals surface area contributed by atoms with E-state index in [-0.39, 0.29) is 5.91 Å². The van der Waals surface area contributed by atoms with Gasteiger partial charge in [0.15, 0.2) is 0 Å². The van der Waals surface area contributed by atoms with Gasteiger partial charge in [0.2, 0.25) is 0 Å². The first-order valence-electron chi connectivity index (χ1n) is 4.75. The number of hydrogen-bond acceptors (Lipinski definition) is 2. The number of carbonyl (C=O) groups excluding carboxylic acids is 1. The number of nitrogens with zero attached hydrogens (tertiary/aromatic N) is 1. The Morgan fingerprint density at radius 2 is 2.07 bits per heavy atom. The van der Waals surface area contributed by atoms with Crippen molar-refractivity contribution in [3.8, 4) is 0 Å². The third-order valence-corrected chi connectivity index (χ3v) is 2.94. The summed E-state index contributed by atoms with van der Waals surface area (Å²) in [7, 11) is 1.86. The smallest absolute Gasteiger partial charge is 0.254 e. The lowest BCUT2D eigenvalue weighted by molar-refractivity contribution is 0.0782. The average Bonchev–Trinajstić information content (AvgIpc) is 3.00. The van der Waals surface area contributed by atoms with Crippen LogP contribution in [0.2, 0.25) is 0 Å². The second-order valence-electron chi connectivity index (χ2n) is 3.66. The maximum atomic E-state index is 11.9. The maximum absolute atomic E-state index is 11.9. The predicted octanol–water partition coefficient (Wildman–Crippen LogP) is 2.21. The first kappa shape index (κ1) is 9.59. The molecule has 14 heavy (non-hydrogen) atoms. The van der Waals surface area contributed by atoms with Gasteiger partial charge in [0, 0.05) is 18.0 Å². The Hall–Kier alpha value is -0.960. The van der Waals surface area contributed by atoms with Gasteiger partial charge in [-0.15, -0.1) is 12.6 Å². The number of benzene rings is 1. The summed E-state index contributed by atoms with van der Waals surface area (Å²) in [6, 6.07) is 7.88. The summed E-state index contributed by atoms with van der Waals surface area (Å²) < 4.78 is 0. The van der Waals surface area contributed by atoms with Crippen LogP contribution < -0.4 is 0 Å². The molecule has 0 unspecified atom stereocenters. The lowest BCUT2D eigenvalue weighted by Gasteiger charge is -2.16. The molecule has 0 N–H and O–H groups in total. The maximum Gasteiger partial charge on any atom is 0.254 e. The Morgan fingerprint density at radius 1 is 1.43 bits per heavy atom. The van der Waals surface area contributed by atoms with Crippen LogP contribution >= 0.6 is 12.6 Å². The lowest BCUT2D eigenvalue weighted by atomic mass is 10.2. The van der Waals surface area contributed by atoms with Crippen molar-refractivity contribution in [3.05, 3.63) is 29.8 Å². The first-order valence-corrected chi connectivity index (χ1v) is 5.20. The topological polar surface area (TPSA) is 20.3 Å². The van der Waals surface area contributed by atoms with Crippen molar-refractivity contribution in [2.75, 3.05) is 7.05 Å². The van der Waals surface area contributed by atoms with Crippen LogP contribution in [-0.2, 0) is 0 Å². The van der Waals surface area contributed by atoms with Crippen molar-refractivity contribution in [2.45, 2.75) is 23.8 Å². The van der Waals surface area contributed by atoms with Crippen molar-refractivity contribution in [2.24, 2.45) is 0 Å². The van der Waals surface area contributed by atoms with Crippen LogP contribution in [0.3, 0.4) is 0 Å². The molecule has 0 spiro atoms. The fourth-order valence-corrected chi connectivity index (χ4v) is 1.73. The van der Waals surface area contributed by atoms with Crippen molar-refractivity contribution >= 4 is 18.5 Å². The van der Waals surface area contributed by atoms with Crippen LogP contribution in [0, 0.1) is 0 Å². The van der Waals surface area contributed by atoms with E-state index in [0.29, 0.717) is 11.6 Å². The van der Waals surface area contributed by atoms with E-state index >= 15 is 0 Å². The number of rotatable bonds is 2. The lowest BCUT2D eigenvalue weighted by Crippen LogP contribution is -2.28. The van der Waals surface area contributed by atoms with Crippen molar-refractivity contribution in [1.29, 1.82) is 0 Å². The van der Waals surface area contributed by atoms with Gasteiger partial charge in [-0.1, -0.05) is 12.1 Å². The molecule has 0 heterocycles. The molecule has 0 aliphatic heterocycles. The average molecular weight is 207 g/mol. The summed E-state index contributed by atoms with van der Waals surface area (Å²) in [5.41, 5.74) is 0.699. The minimum Gasteiger partial charge on any atom is -0.339 e. The normalized spacial score (nSPS) is 15.3. The van der Waals surface area contributed by atoms with Crippen molar-refractivity contribution in [3.63, 3.8) is 0 Å². The third-order valence-electron chi connectivity index (χ3n) is 2.55. The molecule has 0 atom stereocenters. The van der Waals surface area contributed by atoms with E-state index in [0.717, 1.165) is 17.7 Å². The summed E-state index contributed by atoms with van der Waals surface area (Å²) in [4.78, 5) is 14.5. The van der Waals surface area contributed by atoms with Crippen LogP contribution in [0.25, 0.3) is 0 Å². The van der Waals surface area contributed by atoms with Crippen LogP contribution in [0.15, 0.2) is 29.2 Å². The van der Waals surface area contributed by atoms with E-state index in [1.807, 2.05) is 36.2 Å². The highest BCUT2D eigenvalue weighted by atomic mass is 32.1. The molecule has 1 aromatic carbocycles. The molecule has 3 heteroatoms. The van der Waals surface area contributed by atoms with Gasteiger partial charge >= 0.3 is 0 Å². The van der Waals surface area contributed by atoms with Gasteiger partial charge in [-0.25, -0.2) is 0 Å². The summed E-state index contributed by atoms with van der Waals surface area (Å²) in [6.07, 6.45) is 2.27. The van der Waals surface area contributed by atoms with Crippen LogP contribution in [0.1, 0.15) is 23.2 Å². The third kappa shape index (κ3) is 1.77. The second kappa shape index (κ2) is 3.65. The zero-order chi connectivity index (χ0) is 10.1. The summed E-state index contributed by atoms with van der Waals surface area (Å²) in [5, 5.41) is 0. The van der Waals surface area contributed by atoms with Gasteiger partial charge in [-0.05, 0) is 25.0 Å². The zero-order valence-electron chi connectivity index (χ0n) is 8.10. The zero-order valence-corrected chi connectivity index (χ0v) is 9.00. The summed E-state index contributed by atoms with van der Waals surface area (Å²) in [6.45, 7) is 0. The number of thiol groups is 1. The van der Waals surface area contributed by atoms with Crippen LogP contribution in [-0.4, -0.2) is 23.9 Å². The standard InChI is InChI=1S/C11H13NOS/c1-12(8-6-7-8)11(13)9-4-2-3-5-10(9)14/h2-5,8,14H,6-7H2,1H3. The Labute approximate surface area is 89.3 Å². The summed E-state index contributed by atoms with van der Waals surface area (Å²) in [5.74, 6) is 0.0816. The van der Waals surface area contributed by atoms with Crippen molar-refractivity contribution in [1.82, 2.24) is 4.90 Å². The molecule has 0 aromatic heterocycles. The predicted molar refractivity (Wildman–Crippen MR) is 58.8 cm³/mol. The first-order chi connectivity index (χ1) is 6.70.